The number of carbonyl (C=O) groups is 1. The molecule has 0 aliphatic heterocycles. The van der Waals surface area contributed by atoms with Gasteiger partial charge in [0, 0.05) is 5.56 Å². The van der Waals surface area contributed by atoms with Gasteiger partial charge in [-0.25, -0.2) is 13.2 Å². The Bertz CT molecular complexity index is 1080. The monoisotopic (exact) mass is 401 g/mol. The lowest BCUT2D eigenvalue weighted by molar-refractivity contribution is 0.0600. The van der Waals surface area contributed by atoms with E-state index in [4.69, 9.17) is 11.6 Å². The Labute approximate surface area is 162 Å². The molecule has 138 valence electrons. The molecule has 0 saturated carbocycles. The van der Waals surface area contributed by atoms with Gasteiger partial charge in [-0.05, 0) is 29.8 Å². The van der Waals surface area contributed by atoms with E-state index in [1.54, 1.807) is 12.1 Å². The van der Waals surface area contributed by atoms with Gasteiger partial charge in [0.2, 0.25) is 0 Å². The standard InChI is InChI=1S/C20H16ClNO4S/c1-26-20(23)15-11-12-17(21)19(13-15)27(24,25)22-18-10-6-5-9-16(18)14-7-3-2-4-8-14/h2-13,22H,1H3. The number of sulfonamides is 1. The second-order valence-corrected chi connectivity index (χ2v) is 7.71. The van der Waals surface area contributed by atoms with Crippen LogP contribution in [0.25, 0.3) is 11.1 Å². The summed E-state index contributed by atoms with van der Waals surface area (Å²) in [6.45, 7) is 0. The molecule has 0 radical (unpaired) electrons. The van der Waals surface area contributed by atoms with Gasteiger partial charge in [-0.1, -0.05) is 60.1 Å². The van der Waals surface area contributed by atoms with Crippen LogP contribution < -0.4 is 4.72 Å². The van der Waals surface area contributed by atoms with Crippen molar-refractivity contribution in [2.24, 2.45) is 0 Å². The van der Waals surface area contributed by atoms with E-state index in [1.165, 1.54) is 25.3 Å². The molecule has 1 N–H and O–H groups in total. The van der Waals surface area contributed by atoms with E-state index in [-0.39, 0.29) is 15.5 Å². The minimum Gasteiger partial charge on any atom is -0.465 e. The number of nitrogens with one attached hydrogen (secondary N) is 1. The lowest BCUT2D eigenvalue weighted by Crippen LogP contribution is -2.15. The molecule has 27 heavy (non-hydrogen) atoms. The number of benzene rings is 3. The van der Waals surface area contributed by atoms with Crippen molar-refractivity contribution in [3.63, 3.8) is 0 Å². The van der Waals surface area contributed by atoms with Crippen LogP contribution in [-0.2, 0) is 14.8 Å². The normalized spacial score (nSPS) is 11.0. The summed E-state index contributed by atoms with van der Waals surface area (Å²) in [5, 5.41) is 0.00680. The molecule has 0 saturated heterocycles. The Balaban J connectivity index is 2.03. The van der Waals surface area contributed by atoms with Crippen LogP contribution in [0.5, 0.6) is 0 Å². The van der Waals surface area contributed by atoms with Crippen LogP contribution in [-0.4, -0.2) is 21.5 Å². The Morgan fingerprint density at radius 2 is 1.63 bits per heavy atom. The molecular formula is C20H16ClNO4S. The summed E-state index contributed by atoms with van der Waals surface area (Å²) in [4.78, 5) is 11.5. The van der Waals surface area contributed by atoms with Crippen LogP contribution in [0.2, 0.25) is 5.02 Å². The van der Waals surface area contributed by atoms with Gasteiger partial charge in [0.25, 0.3) is 10.0 Å². The lowest BCUT2D eigenvalue weighted by Gasteiger charge is -2.14. The van der Waals surface area contributed by atoms with Gasteiger partial charge in [0.15, 0.2) is 0 Å². The fourth-order valence-corrected chi connectivity index (χ4v) is 4.20. The maximum Gasteiger partial charge on any atom is 0.337 e. The van der Waals surface area contributed by atoms with Crippen LogP contribution in [0.3, 0.4) is 0 Å². The minimum atomic E-state index is -4.03. The summed E-state index contributed by atoms with van der Waals surface area (Å²) < 4.78 is 33.0. The fourth-order valence-electron chi connectivity index (χ4n) is 2.60. The maximum absolute atomic E-state index is 12.9. The van der Waals surface area contributed by atoms with Crippen molar-refractivity contribution in [1.29, 1.82) is 0 Å². The van der Waals surface area contributed by atoms with Gasteiger partial charge in [0.1, 0.15) is 4.90 Å². The Morgan fingerprint density at radius 3 is 2.33 bits per heavy atom. The number of halogens is 1. The summed E-state index contributed by atoms with van der Waals surface area (Å²) in [6.07, 6.45) is 0. The van der Waals surface area contributed by atoms with E-state index in [0.29, 0.717) is 5.69 Å². The van der Waals surface area contributed by atoms with E-state index < -0.39 is 16.0 Å². The molecule has 0 heterocycles. The summed E-state index contributed by atoms with van der Waals surface area (Å²) in [5.74, 6) is -0.646. The van der Waals surface area contributed by atoms with Gasteiger partial charge in [-0.3, -0.25) is 4.72 Å². The van der Waals surface area contributed by atoms with E-state index in [1.807, 2.05) is 42.5 Å². The number of hydrogen-bond donors (Lipinski definition) is 1. The van der Waals surface area contributed by atoms with Crippen molar-refractivity contribution in [1.82, 2.24) is 0 Å². The Hall–Kier alpha value is -2.83. The van der Waals surface area contributed by atoms with E-state index >= 15 is 0 Å². The zero-order valence-corrected chi connectivity index (χ0v) is 15.9. The number of para-hydroxylation sites is 1. The lowest BCUT2D eigenvalue weighted by atomic mass is 10.0. The quantitative estimate of drug-likeness (QED) is 0.634. The van der Waals surface area contributed by atoms with Gasteiger partial charge in [-0.15, -0.1) is 0 Å². The molecule has 3 aromatic carbocycles. The third kappa shape index (κ3) is 4.13. The number of esters is 1. The second kappa shape index (κ2) is 7.82. The van der Waals surface area contributed by atoms with Crippen molar-refractivity contribution in [3.8, 4) is 11.1 Å². The predicted octanol–water partition coefficient (Wildman–Crippen LogP) is 4.59. The average Bonchev–Trinajstić information content (AvgIpc) is 2.68. The van der Waals surface area contributed by atoms with Gasteiger partial charge in [0.05, 0.1) is 23.4 Å². The summed E-state index contributed by atoms with van der Waals surface area (Å²) >= 11 is 6.08. The molecule has 0 fully saturated rings. The maximum atomic E-state index is 12.9. The van der Waals surface area contributed by atoms with Gasteiger partial charge in [-0.2, -0.15) is 0 Å². The number of hydrogen-bond acceptors (Lipinski definition) is 4. The van der Waals surface area contributed by atoms with Crippen LogP contribution in [0.4, 0.5) is 5.69 Å². The van der Waals surface area contributed by atoms with Gasteiger partial charge < -0.3 is 4.74 Å². The highest BCUT2D eigenvalue weighted by Gasteiger charge is 2.22. The second-order valence-electron chi connectivity index (χ2n) is 5.65. The van der Waals surface area contributed by atoms with E-state index in [0.717, 1.165) is 11.1 Å². The van der Waals surface area contributed by atoms with Crippen LogP contribution in [0.1, 0.15) is 10.4 Å². The molecule has 0 bridgehead atoms. The van der Waals surface area contributed by atoms with Crippen molar-refractivity contribution < 1.29 is 17.9 Å². The fraction of sp³-hybridized carbons (Fsp3) is 0.0500. The predicted molar refractivity (Wildman–Crippen MR) is 105 cm³/mol. The first-order valence-electron chi connectivity index (χ1n) is 7.97. The highest BCUT2D eigenvalue weighted by atomic mass is 35.5. The third-order valence-electron chi connectivity index (χ3n) is 3.90. The number of ether oxygens (including phenoxy) is 1. The number of carbonyl (C=O) groups excluding carboxylic acids is 1. The smallest absolute Gasteiger partial charge is 0.337 e. The molecule has 3 rings (SSSR count). The molecule has 0 atom stereocenters. The van der Waals surface area contributed by atoms with Crippen LogP contribution in [0, 0.1) is 0 Å². The average molecular weight is 402 g/mol. The largest absolute Gasteiger partial charge is 0.465 e. The molecule has 3 aromatic rings. The number of rotatable bonds is 5. The molecule has 0 aliphatic rings. The first-order chi connectivity index (χ1) is 12.9. The molecule has 0 spiro atoms. The SMILES string of the molecule is COC(=O)c1ccc(Cl)c(S(=O)(=O)Nc2ccccc2-c2ccccc2)c1. The Kier molecular flexibility index (Phi) is 5.48. The van der Waals surface area contributed by atoms with Crippen LogP contribution in [0.15, 0.2) is 77.7 Å². The molecule has 0 amide bonds. The Morgan fingerprint density at radius 1 is 0.963 bits per heavy atom. The van der Waals surface area contributed by atoms with Crippen molar-refractivity contribution >= 4 is 33.3 Å². The number of methoxy groups -OCH3 is 1. The van der Waals surface area contributed by atoms with Crippen molar-refractivity contribution in [2.75, 3.05) is 11.8 Å². The highest BCUT2D eigenvalue weighted by molar-refractivity contribution is 7.92. The molecule has 0 aromatic heterocycles. The molecule has 0 aliphatic carbocycles. The van der Waals surface area contributed by atoms with E-state index in [9.17, 15) is 13.2 Å². The highest BCUT2D eigenvalue weighted by Crippen LogP contribution is 2.31. The zero-order chi connectivity index (χ0) is 19.4. The minimum absolute atomic E-state index is 0.00680. The first kappa shape index (κ1) is 18.9. The third-order valence-corrected chi connectivity index (χ3v) is 5.75. The summed E-state index contributed by atoms with van der Waals surface area (Å²) in [6, 6.07) is 20.4. The molecular weight excluding hydrogens is 386 g/mol. The first-order valence-corrected chi connectivity index (χ1v) is 9.83. The topological polar surface area (TPSA) is 72.5 Å². The summed E-state index contributed by atoms with van der Waals surface area (Å²) in [7, 11) is -2.81. The molecule has 7 heteroatoms. The summed E-state index contributed by atoms with van der Waals surface area (Å²) in [5.41, 5.74) is 2.09. The number of anilines is 1. The van der Waals surface area contributed by atoms with Crippen LogP contribution >= 0.6 is 11.6 Å². The van der Waals surface area contributed by atoms with Gasteiger partial charge >= 0.3 is 5.97 Å². The molecule has 5 nitrogen and oxygen atoms in total. The zero-order valence-electron chi connectivity index (χ0n) is 14.3. The van der Waals surface area contributed by atoms with Crippen molar-refractivity contribution in [3.05, 3.63) is 83.4 Å². The van der Waals surface area contributed by atoms with E-state index in [2.05, 4.69) is 9.46 Å². The van der Waals surface area contributed by atoms with Crippen molar-refractivity contribution in [2.45, 2.75) is 4.90 Å². The molecule has 0 unspecified atom stereocenters.